The van der Waals surface area contributed by atoms with Crippen molar-refractivity contribution in [2.24, 2.45) is 0 Å². The number of benzene rings is 1. The Morgan fingerprint density at radius 3 is 2.44 bits per heavy atom. The summed E-state index contributed by atoms with van der Waals surface area (Å²) >= 11 is 0. The fourth-order valence-electron chi connectivity index (χ4n) is 2.67. The smallest absolute Gasteiger partial charge is 0.263 e. The molecule has 1 aromatic carbocycles. The highest BCUT2D eigenvalue weighted by Crippen LogP contribution is 2.19. The molecule has 1 aromatic heterocycles. The van der Waals surface area contributed by atoms with Crippen molar-refractivity contribution in [2.75, 3.05) is 23.2 Å². The van der Waals surface area contributed by atoms with Gasteiger partial charge in [0.1, 0.15) is 11.6 Å². The van der Waals surface area contributed by atoms with Crippen molar-refractivity contribution in [3.8, 4) is 5.75 Å². The zero-order chi connectivity index (χ0) is 19.3. The van der Waals surface area contributed by atoms with Gasteiger partial charge in [0.2, 0.25) is 0 Å². The van der Waals surface area contributed by atoms with Crippen LogP contribution in [-0.2, 0) is 14.8 Å². The van der Waals surface area contributed by atoms with E-state index in [1.807, 2.05) is 13.8 Å². The second-order valence-corrected chi connectivity index (χ2v) is 8.25. The lowest BCUT2D eigenvalue weighted by Gasteiger charge is -2.12. The Balaban J connectivity index is 1.59. The third kappa shape index (κ3) is 5.54. The van der Waals surface area contributed by atoms with Crippen LogP contribution in [0.2, 0.25) is 0 Å². The second-order valence-electron chi connectivity index (χ2n) is 6.56. The van der Waals surface area contributed by atoms with E-state index in [-0.39, 0.29) is 22.9 Å². The molecular weight excluding hydrogens is 368 g/mol. The first-order chi connectivity index (χ1) is 12.9. The number of rotatable bonds is 8. The van der Waals surface area contributed by atoms with Gasteiger partial charge in [0, 0.05) is 13.2 Å². The van der Waals surface area contributed by atoms with Crippen LogP contribution < -0.4 is 14.8 Å². The number of anilines is 2. The first kappa shape index (κ1) is 19.4. The van der Waals surface area contributed by atoms with Crippen LogP contribution in [0.3, 0.4) is 0 Å². The summed E-state index contributed by atoms with van der Waals surface area (Å²) in [6.07, 6.45) is 2.31. The van der Waals surface area contributed by atoms with Crippen LogP contribution in [0.4, 0.5) is 11.6 Å². The molecule has 3 rings (SSSR count). The normalized spacial score (nSPS) is 17.1. The summed E-state index contributed by atoms with van der Waals surface area (Å²) in [7, 11) is -3.75. The van der Waals surface area contributed by atoms with E-state index in [4.69, 9.17) is 9.47 Å². The predicted molar refractivity (Wildman–Crippen MR) is 103 cm³/mol. The van der Waals surface area contributed by atoms with Gasteiger partial charge in [-0.3, -0.25) is 4.72 Å². The van der Waals surface area contributed by atoms with Gasteiger partial charge >= 0.3 is 0 Å². The standard InChI is InChI=1S/C18H24N4O4S/c1-13(2)26-14-5-7-16(8-6-14)27(23,24)22-18-10-9-17(20-21-18)19-12-15-4-3-11-25-15/h5-10,13,15H,3-4,11-12H2,1-2H3,(H,19,20)(H,21,22). The number of nitrogens with zero attached hydrogens (tertiary/aromatic N) is 2. The van der Waals surface area contributed by atoms with Gasteiger partial charge in [0.15, 0.2) is 5.82 Å². The Bertz CT molecular complexity index is 833. The van der Waals surface area contributed by atoms with E-state index in [1.54, 1.807) is 24.3 Å². The van der Waals surface area contributed by atoms with Gasteiger partial charge in [-0.25, -0.2) is 8.42 Å². The zero-order valence-electron chi connectivity index (χ0n) is 15.4. The molecule has 2 N–H and O–H groups in total. The molecule has 1 unspecified atom stereocenters. The first-order valence-electron chi connectivity index (χ1n) is 8.91. The highest BCUT2D eigenvalue weighted by Gasteiger charge is 2.17. The molecule has 27 heavy (non-hydrogen) atoms. The molecule has 0 spiro atoms. The lowest BCUT2D eigenvalue weighted by molar-refractivity contribution is 0.120. The van der Waals surface area contributed by atoms with E-state index in [0.29, 0.717) is 18.1 Å². The van der Waals surface area contributed by atoms with Crippen molar-refractivity contribution in [1.29, 1.82) is 0 Å². The molecule has 1 fully saturated rings. The third-order valence-electron chi connectivity index (χ3n) is 3.94. The van der Waals surface area contributed by atoms with Crippen LogP contribution in [0.15, 0.2) is 41.3 Å². The SMILES string of the molecule is CC(C)Oc1ccc(S(=O)(=O)Nc2ccc(NCC3CCCO3)nn2)cc1. The second kappa shape index (κ2) is 8.53. The number of hydrogen-bond donors (Lipinski definition) is 2. The van der Waals surface area contributed by atoms with E-state index in [9.17, 15) is 8.42 Å². The number of ether oxygens (including phenoxy) is 2. The fourth-order valence-corrected chi connectivity index (χ4v) is 3.67. The Hall–Kier alpha value is -2.39. The van der Waals surface area contributed by atoms with Crippen LogP contribution in [0.5, 0.6) is 5.75 Å². The lowest BCUT2D eigenvalue weighted by Crippen LogP contribution is -2.19. The predicted octanol–water partition coefficient (Wildman–Crippen LogP) is 2.66. The van der Waals surface area contributed by atoms with Crippen molar-refractivity contribution in [2.45, 2.75) is 43.8 Å². The maximum absolute atomic E-state index is 12.5. The van der Waals surface area contributed by atoms with Crippen LogP contribution in [0.25, 0.3) is 0 Å². The molecule has 0 aliphatic carbocycles. The van der Waals surface area contributed by atoms with Gasteiger partial charge in [0.05, 0.1) is 17.1 Å². The first-order valence-corrected chi connectivity index (χ1v) is 10.4. The highest BCUT2D eigenvalue weighted by molar-refractivity contribution is 7.92. The van der Waals surface area contributed by atoms with Crippen LogP contribution in [-0.4, -0.2) is 44.0 Å². The maximum Gasteiger partial charge on any atom is 0.263 e. The van der Waals surface area contributed by atoms with Crippen LogP contribution in [0.1, 0.15) is 26.7 Å². The molecule has 8 nitrogen and oxygen atoms in total. The van der Waals surface area contributed by atoms with Crippen molar-refractivity contribution < 1.29 is 17.9 Å². The average molecular weight is 392 g/mol. The van der Waals surface area contributed by atoms with Crippen molar-refractivity contribution in [1.82, 2.24) is 10.2 Å². The number of aromatic nitrogens is 2. The van der Waals surface area contributed by atoms with Gasteiger partial charge in [0.25, 0.3) is 10.0 Å². The minimum absolute atomic E-state index is 0.0215. The molecule has 1 aliphatic heterocycles. The summed E-state index contributed by atoms with van der Waals surface area (Å²) in [5.74, 6) is 1.34. The summed E-state index contributed by atoms with van der Waals surface area (Å²) < 4.78 is 38.4. The topological polar surface area (TPSA) is 102 Å². The molecule has 0 amide bonds. The number of sulfonamides is 1. The Morgan fingerprint density at radius 2 is 1.85 bits per heavy atom. The minimum atomic E-state index is -3.75. The Morgan fingerprint density at radius 1 is 1.15 bits per heavy atom. The van der Waals surface area contributed by atoms with E-state index in [2.05, 4.69) is 20.2 Å². The van der Waals surface area contributed by atoms with Gasteiger partial charge in [-0.1, -0.05) is 0 Å². The molecule has 1 atom stereocenters. The highest BCUT2D eigenvalue weighted by atomic mass is 32.2. The summed E-state index contributed by atoms with van der Waals surface area (Å²) in [6, 6.07) is 9.48. The summed E-state index contributed by atoms with van der Waals surface area (Å²) in [4.78, 5) is 0.126. The monoisotopic (exact) mass is 392 g/mol. The van der Waals surface area contributed by atoms with Gasteiger partial charge in [-0.15, -0.1) is 10.2 Å². The maximum atomic E-state index is 12.5. The van der Waals surface area contributed by atoms with Gasteiger partial charge in [-0.05, 0) is 63.1 Å². The van der Waals surface area contributed by atoms with Crippen LogP contribution in [0, 0.1) is 0 Å². The molecule has 0 bridgehead atoms. The molecule has 0 radical (unpaired) electrons. The minimum Gasteiger partial charge on any atom is -0.491 e. The zero-order valence-corrected chi connectivity index (χ0v) is 16.2. The molecule has 2 heterocycles. The van der Waals surface area contributed by atoms with Crippen molar-refractivity contribution >= 4 is 21.7 Å². The molecule has 9 heteroatoms. The average Bonchev–Trinajstić information content (AvgIpc) is 3.14. The molecule has 1 saturated heterocycles. The summed E-state index contributed by atoms with van der Waals surface area (Å²) in [5, 5.41) is 11.1. The Labute approximate surface area is 159 Å². The largest absolute Gasteiger partial charge is 0.491 e. The summed E-state index contributed by atoms with van der Waals surface area (Å²) in [5.41, 5.74) is 0. The van der Waals surface area contributed by atoms with Crippen molar-refractivity contribution in [3.63, 3.8) is 0 Å². The fraction of sp³-hybridized carbons (Fsp3) is 0.444. The van der Waals surface area contributed by atoms with Gasteiger partial charge in [-0.2, -0.15) is 0 Å². The lowest BCUT2D eigenvalue weighted by atomic mass is 10.2. The molecule has 0 saturated carbocycles. The van der Waals surface area contributed by atoms with Crippen LogP contribution >= 0.6 is 0 Å². The van der Waals surface area contributed by atoms with Crippen molar-refractivity contribution in [3.05, 3.63) is 36.4 Å². The number of nitrogens with one attached hydrogen (secondary N) is 2. The molecule has 2 aromatic rings. The molecule has 1 aliphatic rings. The van der Waals surface area contributed by atoms with Gasteiger partial charge < -0.3 is 14.8 Å². The summed E-state index contributed by atoms with van der Waals surface area (Å²) in [6.45, 7) is 5.27. The van der Waals surface area contributed by atoms with E-state index in [0.717, 1.165) is 19.4 Å². The van der Waals surface area contributed by atoms with E-state index < -0.39 is 10.0 Å². The molecular formula is C18H24N4O4S. The third-order valence-corrected chi connectivity index (χ3v) is 5.31. The Kier molecular flexibility index (Phi) is 6.12. The van der Waals surface area contributed by atoms with E-state index >= 15 is 0 Å². The number of hydrogen-bond acceptors (Lipinski definition) is 7. The van der Waals surface area contributed by atoms with E-state index in [1.165, 1.54) is 12.1 Å². The quantitative estimate of drug-likeness (QED) is 0.712. The molecule has 146 valence electrons.